The maximum absolute atomic E-state index is 8.70. The molecule has 1 aliphatic rings. The first-order valence-corrected chi connectivity index (χ1v) is 5.64. The van der Waals surface area contributed by atoms with E-state index in [9.17, 15) is 0 Å². The van der Waals surface area contributed by atoms with Gasteiger partial charge in [0.1, 0.15) is 0 Å². The third-order valence-corrected chi connectivity index (χ3v) is 2.65. The molecule has 0 atom stereocenters. The fourth-order valence-corrected chi connectivity index (χ4v) is 1.65. The summed E-state index contributed by atoms with van der Waals surface area (Å²) in [4.78, 5) is 0. The van der Waals surface area contributed by atoms with E-state index < -0.39 is 5.79 Å². The summed E-state index contributed by atoms with van der Waals surface area (Å²) >= 11 is 0. The van der Waals surface area contributed by atoms with Crippen molar-refractivity contribution in [3.05, 3.63) is 29.8 Å². The highest BCUT2D eigenvalue weighted by Gasteiger charge is 2.27. The monoisotopic (exact) mass is 232 g/mol. The molecule has 0 spiro atoms. The molecule has 1 aliphatic heterocycles. The van der Waals surface area contributed by atoms with Gasteiger partial charge in [0.15, 0.2) is 5.79 Å². The lowest BCUT2D eigenvalue weighted by atomic mass is 10.2. The van der Waals surface area contributed by atoms with E-state index in [2.05, 4.69) is 11.4 Å². The number of nitrogens with one attached hydrogen (secondary N) is 1. The van der Waals surface area contributed by atoms with E-state index in [-0.39, 0.29) is 6.04 Å². The minimum Gasteiger partial charge on any atom is -0.378 e. The van der Waals surface area contributed by atoms with Crippen molar-refractivity contribution < 1.29 is 9.47 Å². The third-order valence-electron chi connectivity index (χ3n) is 2.65. The predicted molar refractivity (Wildman–Crippen MR) is 64.6 cm³/mol. The van der Waals surface area contributed by atoms with Gasteiger partial charge in [-0.3, -0.25) is 0 Å². The Hall–Kier alpha value is -1.57. The molecule has 4 heteroatoms. The Morgan fingerprint density at radius 2 is 1.82 bits per heavy atom. The van der Waals surface area contributed by atoms with Gasteiger partial charge in [-0.1, -0.05) is 0 Å². The summed E-state index contributed by atoms with van der Waals surface area (Å²) in [5.41, 5.74) is 1.63. The second-order valence-corrected chi connectivity index (χ2v) is 4.55. The van der Waals surface area contributed by atoms with E-state index in [1.165, 1.54) is 0 Å². The minimum absolute atomic E-state index is 0.149. The molecular formula is C13H16N2O2. The minimum atomic E-state index is -0.483. The third kappa shape index (κ3) is 3.19. The van der Waals surface area contributed by atoms with Crippen molar-refractivity contribution in [2.24, 2.45) is 0 Å². The smallest absolute Gasteiger partial charge is 0.162 e. The molecule has 0 saturated carbocycles. The Morgan fingerprint density at radius 1 is 1.24 bits per heavy atom. The fraction of sp³-hybridized carbons (Fsp3) is 0.462. The zero-order valence-corrected chi connectivity index (χ0v) is 10.1. The highest BCUT2D eigenvalue weighted by molar-refractivity contribution is 5.47. The molecule has 0 amide bonds. The molecule has 17 heavy (non-hydrogen) atoms. The first-order chi connectivity index (χ1) is 8.09. The van der Waals surface area contributed by atoms with E-state index >= 15 is 0 Å². The summed E-state index contributed by atoms with van der Waals surface area (Å²) in [6.45, 7) is 5.05. The molecule has 1 aromatic carbocycles. The van der Waals surface area contributed by atoms with Crippen LogP contribution in [0.15, 0.2) is 24.3 Å². The fourth-order valence-electron chi connectivity index (χ4n) is 1.65. The molecule has 0 unspecified atom stereocenters. The number of hydrogen-bond acceptors (Lipinski definition) is 4. The van der Waals surface area contributed by atoms with Crippen LogP contribution in [0, 0.1) is 11.3 Å². The quantitative estimate of drug-likeness (QED) is 0.848. The van der Waals surface area contributed by atoms with Crippen LogP contribution in [0.2, 0.25) is 0 Å². The molecule has 0 bridgehead atoms. The second kappa shape index (κ2) is 4.74. The number of ether oxygens (including phenoxy) is 2. The maximum Gasteiger partial charge on any atom is 0.162 e. The lowest BCUT2D eigenvalue weighted by molar-refractivity contribution is -0.247. The van der Waals surface area contributed by atoms with E-state index in [0.29, 0.717) is 18.8 Å². The first kappa shape index (κ1) is 11.9. The number of rotatable bonds is 2. The molecule has 1 fully saturated rings. The molecule has 1 saturated heterocycles. The summed E-state index contributed by atoms with van der Waals surface area (Å²) in [5, 5.41) is 12.0. The van der Waals surface area contributed by atoms with Crippen LogP contribution in [0.3, 0.4) is 0 Å². The average Bonchev–Trinajstić information content (AvgIpc) is 2.33. The van der Waals surface area contributed by atoms with E-state index in [1.807, 2.05) is 26.0 Å². The Kier molecular flexibility index (Phi) is 3.32. The van der Waals surface area contributed by atoms with Gasteiger partial charge in [0.2, 0.25) is 0 Å². The number of benzene rings is 1. The molecule has 0 radical (unpaired) electrons. The summed E-state index contributed by atoms with van der Waals surface area (Å²) in [7, 11) is 0. The van der Waals surface area contributed by atoms with Crippen LogP contribution in [0.25, 0.3) is 0 Å². The van der Waals surface area contributed by atoms with Gasteiger partial charge in [0.25, 0.3) is 0 Å². The van der Waals surface area contributed by atoms with E-state index in [1.54, 1.807) is 12.1 Å². The van der Waals surface area contributed by atoms with Crippen LogP contribution in [-0.2, 0) is 9.47 Å². The summed E-state index contributed by atoms with van der Waals surface area (Å²) in [6.07, 6.45) is 0. The summed E-state index contributed by atoms with van der Waals surface area (Å²) < 4.78 is 11.1. The number of hydrogen-bond donors (Lipinski definition) is 1. The lowest BCUT2D eigenvalue weighted by Gasteiger charge is -2.35. The van der Waals surface area contributed by atoms with Crippen molar-refractivity contribution in [3.8, 4) is 6.07 Å². The first-order valence-electron chi connectivity index (χ1n) is 5.64. The molecule has 0 aromatic heterocycles. The SMILES string of the molecule is CC1(C)OCC(Nc2ccc(C#N)cc2)CO1. The van der Waals surface area contributed by atoms with Gasteiger partial charge in [-0.2, -0.15) is 5.26 Å². The van der Waals surface area contributed by atoms with Gasteiger partial charge in [-0.25, -0.2) is 0 Å². The van der Waals surface area contributed by atoms with Crippen molar-refractivity contribution in [2.45, 2.75) is 25.7 Å². The van der Waals surface area contributed by atoms with Crippen molar-refractivity contribution >= 4 is 5.69 Å². The zero-order valence-electron chi connectivity index (χ0n) is 10.1. The summed E-state index contributed by atoms with van der Waals surface area (Å²) in [5.74, 6) is -0.483. The van der Waals surface area contributed by atoms with Gasteiger partial charge in [0.05, 0.1) is 30.9 Å². The van der Waals surface area contributed by atoms with Crippen molar-refractivity contribution in [1.29, 1.82) is 5.26 Å². The predicted octanol–water partition coefficient (Wildman–Crippen LogP) is 2.12. The van der Waals surface area contributed by atoms with Crippen LogP contribution in [0.4, 0.5) is 5.69 Å². The number of nitriles is 1. The van der Waals surface area contributed by atoms with Crippen molar-refractivity contribution in [1.82, 2.24) is 0 Å². The Bertz CT molecular complexity index is 410. The van der Waals surface area contributed by atoms with Crippen LogP contribution in [0.5, 0.6) is 0 Å². The highest BCUT2D eigenvalue weighted by Crippen LogP contribution is 2.19. The molecule has 4 nitrogen and oxygen atoms in total. The molecule has 1 N–H and O–H groups in total. The Labute approximate surface area is 101 Å². The highest BCUT2D eigenvalue weighted by atomic mass is 16.7. The molecule has 90 valence electrons. The standard InChI is InChI=1S/C13H16N2O2/c1-13(2)16-8-12(9-17-13)15-11-5-3-10(7-14)4-6-11/h3-6,12,15H,8-9H2,1-2H3. The summed E-state index contributed by atoms with van der Waals surface area (Å²) in [6, 6.07) is 9.59. The molecule has 0 aliphatic carbocycles. The number of nitrogens with zero attached hydrogens (tertiary/aromatic N) is 1. The normalized spacial score (nSPS) is 19.6. The molecule has 2 rings (SSSR count). The molecule has 1 heterocycles. The Balaban J connectivity index is 1.91. The van der Waals surface area contributed by atoms with Crippen LogP contribution in [-0.4, -0.2) is 25.0 Å². The number of anilines is 1. The van der Waals surface area contributed by atoms with Crippen molar-refractivity contribution in [2.75, 3.05) is 18.5 Å². The van der Waals surface area contributed by atoms with Crippen molar-refractivity contribution in [3.63, 3.8) is 0 Å². The van der Waals surface area contributed by atoms with Gasteiger partial charge < -0.3 is 14.8 Å². The van der Waals surface area contributed by atoms with Gasteiger partial charge in [0, 0.05) is 5.69 Å². The molecule has 1 aromatic rings. The second-order valence-electron chi connectivity index (χ2n) is 4.55. The largest absolute Gasteiger partial charge is 0.378 e. The van der Waals surface area contributed by atoms with E-state index in [0.717, 1.165) is 5.69 Å². The van der Waals surface area contributed by atoms with Crippen LogP contribution < -0.4 is 5.32 Å². The van der Waals surface area contributed by atoms with Crippen LogP contribution >= 0.6 is 0 Å². The van der Waals surface area contributed by atoms with E-state index in [4.69, 9.17) is 14.7 Å². The topological polar surface area (TPSA) is 54.3 Å². The lowest BCUT2D eigenvalue weighted by Crippen LogP contribution is -2.45. The van der Waals surface area contributed by atoms with Gasteiger partial charge in [-0.15, -0.1) is 0 Å². The zero-order chi connectivity index (χ0) is 12.3. The average molecular weight is 232 g/mol. The van der Waals surface area contributed by atoms with Gasteiger partial charge in [-0.05, 0) is 38.1 Å². The molecular weight excluding hydrogens is 216 g/mol. The van der Waals surface area contributed by atoms with Crippen LogP contribution in [0.1, 0.15) is 19.4 Å². The van der Waals surface area contributed by atoms with Gasteiger partial charge >= 0.3 is 0 Å². The Morgan fingerprint density at radius 3 is 2.35 bits per heavy atom. The maximum atomic E-state index is 8.70.